The van der Waals surface area contributed by atoms with Crippen molar-refractivity contribution in [2.45, 2.75) is 19.9 Å². The predicted octanol–water partition coefficient (Wildman–Crippen LogP) is 0.270. The molecule has 0 bridgehead atoms. The van der Waals surface area contributed by atoms with E-state index in [9.17, 15) is 0 Å². The molecule has 1 aromatic heterocycles. The van der Waals surface area contributed by atoms with E-state index in [2.05, 4.69) is 17.2 Å². The molecule has 0 atom stereocenters. The van der Waals surface area contributed by atoms with Gasteiger partial charge in [0, 0.05) is 6.54 Å². The molecule has 0 amide bonds. The van der Waals surface area contributed by atoms with Crippen LogP contribution in [0.15, 0.2) is 6.20 Å². The molecule has 0 aliphatic rings. The Morgan fingerprint density at radius 2 is 2.56 bits per heavy atom. The van der Waals surface area contributed by atoms with Gasteiger partial charge in [0.2, 0.25) is 0 Å². The first-order chi connectivity index (χ1) is 4.33. The van der Waals surface area contributed by atoms with Crippen LogP contribution in [0.5, 0.6) is 0 Å². The first-order valence-corrected chi connectivity index (χ1v) is 2.98. The summed E-state index contributed by atoms with van der Waals surface area (Å²) in [5.74, 6) is 0.489. The predicted molar refractivity (Wildman–Crippen MR) is 34.7 cm³/mol. The summed E-state index contributed by atoms with van der Waals surface area (Å²) in [5, 5.41) is 7.37. The van der Waals surface area contributed by atoms with Crippen LogP contribution in [0.2, 0.25) is 0 Å². The SMILES string of the molecule is CCCn1cc(N)nn1. The Bertz CT molecular complexity index is 181. The Kier molecular flexibility index (Phi) is 1.67. The Labute approximate surface area is 53.7 Å². The van der Waals surface area contributed by atoms with Gasteiger partial charge in [0.15, 0.2) is 5.82 Å². The van der Waals surface area contributed by atoms with E-state index >= 15 is 0 Å². The maximum absolute atomic E-state index is 5.31. The van der Waals surface area contributed by atoms with Crippen LogP contribution in [-0.4, -0.2) is 15.0 Å². The molecule has 4 nitrogen and oxygen atoms in total. The number of aromatic nitrogens is 3. The zero-order valence-corrected chi connectivity index (χ0v) is 5.41. The van der Waals surface area contributed by atoms with Crippen LogP contribution in [0.4, 0.5) is 5.82 Å². The van der Waals surface area contributed by atoms with E-state index in [0.29, 0.717) is 5.82 Å². The highest BCUT2D eigenvalue weighted by Gasteiger charge is 1.91. The van der Waals surface area contributed by atoms with Crippen molar-refractivity contribution in [3.8, 4) is 0 Å². The molecule has 1 aromatic rings. The molecule has 9 heavy (non-hydrogen) atoms. The number of aryl methyl sites for hydroxylation is 1. The maximum atomic E-state index is 5.31. The van der Waals surface area contributed by atoms with Gasteiger partial charge in [-0.25, -0.2) is 0 Å². The minimum absolute atomic E-state index is 0.489. The molecule has 0 unspecified atom stereocenters. The first kappa shape index (κ1) is 6.07. The van der Waals surface area contributed by atoms with Crippen molar-refractivity contribution in [3.63, 3.8) is 0 Å². The highest BCUT2D eigenvalue weighted by Crippen LogP contribution is 1.92. The van der Waals surface area contributed by atoms with Gasteiger partial charge in [-0.3, -0.25) is 4.68 Å². The molecule has 1 heterocycles. The molecule has 0 radical (unpaired) electrons. The van der Waals surface area contributed by atoms with Crippen molar-refractivity contribution < 1.29 is 0 Å². The van der Waals surface area contributed by atoms with E-state index in [-0.39, 0.29) is 0 Å². The number of nitrogen functional groups attached to an aromatic ring is 1. The Balaban J connectivity index is 2.61. The summed E-state index contributed by atoms with van der Waals surface area (Å²) >= 11 is 0. The van der Waals surface area contributed by atoms with Crippen LogP contribution in [0, 0.1) is 0 Å². The third kappa shape index (κ3) is 1.42. The van der Waals surface area contributed by atoms with Crippen LogP contribution in [0.1, 0.15) is 13.3 Å². The zero-order valence-electron chi connectivity index (χ0n) is 5.41. The fourth-order valence-corrected chi connectivity index (χ4v) is 0.652. The molecule has 0 fully saturated rings. The molecule has 50 valence electrons. The number of nitrogens with zero attached hydrogens (tertiary/aromatic N) is 3. The van der Waals surface area contributed by atoms with Crippen molar-refractivity contribution in [1.82, 2.24) is 15.0 Å². The molecule has 0 saturated heterocycles. The van der Waals surface area contributed by atoms with E-state index in [1.54, 1.807) is 10.9 Å². The average molecular weight is 126 g/mol. The quantitative estimate of drug-likeness (QED) is 0.618. The minimum Gasteiger partial charge on any atom is -0.381 e. The molecule has 0 aliphatic heterocycles. The van der Waals surface area contributed by atoms with E-state index in [4.69, 9.17) is 5.73 Å². The zero-order chi connectivity index (χ0) is 6.69. The second-order valence-electron chi connectivity index (χ2n) is 1.91. The normalized spacial score (nSPS) is 9.89. The highest BCUT2D eigenvalue weighted by atomic mass is 15.4. The molecule has 0 aliphatic carbocycles. The summed E-state index contributed by atoms with van der Waals surface area (Å²) in [6, 6.07) is 0. The maximum Gasteiger partial charge on any atom is 0.165 e. The fourth-order valence-electron chi connectivity index (χ4n) is 0.652. The number of nitrogens with two attached hydrogens (primary N) is 1. The van der Waals surface area contributed by atoms with E-state index < -0.39 is 0 Å². The van der Waals surface area contributed by atoms with Gasteiger partial charge in [0.1, 0.15) is 0 Å². The minimum atomic E-state index is 0.489. The second kappa shape index (κ2) is 2.48. The van der Waals surface area contributed by atoms with Crippen molar-refractivity contribution in [1.29, 1.82) is 0 Å². The van der Waals surface area contributed by atoms with Crippen LogP contribution in [0.3, 0.4) is 0 Å². The average Bonchev–Trinajstić information content (AvgIpc) is 2.17. The number of rotatable bonds is 2. The van der Waals surface area contributed by atoms with E-state index in [1.165, 1.54) is 0 Å². The van der Waals surface area contributed by atoms with Crippen LogP contribution in [-0.2, 0) is 6.54 Å². The molecule has 0 aromatic carbocycles. The van der Waals surface area contributed by atoms with Gasteiger partial charge in [-0.2, -0.15) is 0 Å². The lowest BCUT2D eigenvalue weighted by Crippen LogP contribution is -1.96. The van der Waals surface area contributed by atoms with Crippen LogP contribution >= 0.6 is 0 Å². The summed E-state index contributed by atoms with van der Waals surface area (Å²) in [7, 11) is 0. The lowest BCUT2D eigenvalue weighted by molar-refractivity contribution is 0.579. The van der Waals surface area contributed by atoms with Crippen molar-refractivity contribution >= 4 is 5.82 Å². The fraction of sp³-hybridized carbons (Fsp3) is 0.600. The topological polar surface area (TPSA) is 56.7 Å². The van der Waals surface area contributed by atoms with Crippen molar-refractivity contribution in [2.24, 2.45) is 0 Å². The molecule has 2 N–H and O–H groups in total. The van der Waals surface area contributed by atoms with Gasteiger partial charge in [0.05, 0.1) is 6.20 Å². The Hall–Kier alpha value is -1.06. The highest BCUT2D eigenvalue weighted by molar-refractivity contribution is 5.19. The van der Waals surface area contributed by atoms with E-state index in [0.717, 1.165) is 13.0 Å². The summed E-state index contributed by atoms with van der Waals surface area (Å²) < 4.78 is 1.73. The summed E-state index contributed by atoms with van der Waals surface area (Å²) in [6.45, 7) is 2.97. The lowest BCUT2D eigenvalue weighted by Gasteiger charge is -1.91. The summed E-state index contributed by atoms with van der Waals surface area (Å²) in [4.78, 5) is 0. The first-order valence-electron chi connectivity index (χ1n) is 2.98. The molecule has 0 spiro atoms. The van der Waals surface area contributed by atoms with Crippen LogP contribution in [0.25, 0.3) is 0 Å². The summed E-state index contributed by atoms with van der Waals surface area (Å²) in [6.07, 6.45) is 2.78. The van der Waals surface area contributed by atoms with Gasteiger partial charge < -0.3 is 5.73 Å². The molecule has 1 rings (SSSR count). The number of hydrogen-bond acceptors (Lipinski definition) is 3. The standard InChI is InChI=1S/C5H10N4/c1-2-3-9-4-5(6)7-8-9/h4H,2-3,6H2,1H3. The van der Waals surface area contributed by atoms with E-state index in [1.807, 2.05) is 0 Å². The van der Waals surface area contributed by atoms with Crippen molar-refractivity contribution in [2.75, 3.05) is 5.73 Å². The summed E-state index contributed by atoms with van der Waals surface area (Å²) in [5.41, 5.74) is 5.31. The third-order valence-corrected chi connectivity index (χ3v) is 1.01. The van der Waals surface area contributed by atoms with Crippen molar-refractivity contribution in [3.05, 3.63) is 6.20 Å². The van der Waals surface area contributed by atoms with Crippen LogP contribution < -0.4 is 5.73 Å². The molecular weight excluding hydrogens is 116 g/mol. The molecular formula is C5H10N4. The van der Waals surface area contributed by atoms with Gasteiger partial charge >= 0.3 is 0 Å². The molecule has 0 saturated carbocycles. The van der Waals surface area contributed by atoms with Gasteiger partial charge in [0.25, 0.3) is 0 Å². The number of hydrogen-bond donors (Lipinski definition) is 1. The van der Waals surface area contributed by atoms with Gasteiger partial charge in [-0.05, 0) is 6.42 Å². The Morgan fingerprint density at radius 1 is 1.78 bits per heavy atom. The van der Waals surface area contributed by atoms with Gasteiger partial charge in [-0.1, -0.05) is 12.1 Å². The molecule has 4 heteroatoms. The smallest absolute Gasteiger partial charge is 0.165 e. The lowest BCUT2D eigenvalue weighted by atomic mass is 10.5. The second-order valence-corrected chi connectivity index (χ2v) is 1.91. The Morgan fingerprint density at radius 3 is 3.00 bits per heavy atom. The number of anilines is 1. The third-order valence-electron chi connectivity index (χ3n) is 1.01. The monoisotopic (exact) mass is 126 g/mol. The van der Waals surface area contributed by atoms with Gasteiger partial charge in [-0.15, -0.1) is 5.10 Å². The largest absolute Gasteiger partial charge is 0.381 e.